The van der Waals surface area contributed by atoms with Crippen molar-refractivity contribution in [3.05, 3.63) is 46.7 Å². The van der Waals surface area contributed by atoms with Crippen LogP contribution in [0.2, 0.25) is 0 Å². The molecule has 1 aromatic carbocycles. The molecule has 2 rings (SSSR count). The standard InChI is InChI=1S/C14H15NO2S/c1-2-8-17-12-6-3-5-11(10-12)15-14(16)13-7-4-9-18-13/h3-7,9-10H,2,8H2,1H3,(H,15,16). The largest absolute Gasteiger partial charge is 0.494 e. The molecule has 1 amide bonds. The van der Waals surface area contributed by atoms with Gasteiger partial charge in [0.05, 0.1) is 11.5 Å². The molecule has 2 aromatic rings. The monoisotopic (exact) mass is 261 g/mol. The molecule has 3 nitrogen and oxygen atoms in total. The van der Waals surface area contributed by atoms with Crippen molar-refractivity contribution in [2.75, 3.05) is 11.9 Å². The Balaban J connectivity index is 2.03. The number of rotatable bonds is 5. The van der Waals surface area contributed by atoms with Crippen LogP contribution in [0.1, 0.15) is 23.0 Å². The van der Waals surface area contributed by atoms with E-state index in [9.17, 15) is 4.79 Å². The number of nitrogens with one attached hydrogen (secondary N) is 1. The number of amides is 1. The lowest BCUT2D eigenvalue weighted by molar-refractivity contribution is 0.103. The number of ether oxygens (including phenoxy) is 1. The van der Waals surface area contributed by atoms with E-state index >= 15 is 0 Å². The summed E-state index contributed by atoms with van der Waals surface area (Å²) in [5.41, 5.74) is 0.752. The summed E-state index contributed by atoms with van der Waals surface area (Å²) in [6.07, 6.45) is 0.964. The fraction of sp³-hybridized carbons (Fsp3) is 0.214. The zero-order valence-electron chi connectivity index (χ0n) is 10.2. The number of benzene rings is 1. The first kappa shape index (κ1) is 12.6. The van der Waals surface area contributed by atoms with Gasteiger partial charge in [0, 0.05) is 11.8 Å². The van der Waals surface area contributed by atoms with E-state index in [0.717, 1.165) is 17.9 Å². The van der Waals surface area contributed by atoms with Crippen LogP contribution in [0.4, 0.5) is 5.69 Å². The van der Waals surface area contributed by atoms with E-state index in [-0.39, 0.29) is 5.91 Å². The van der Waals surface area contributed by atoms with Crippen molar-refractivity contribution in [3.8, 4) is 5.75 Å². The SMILES string of the molecule is CCCOc1cccc(NC(=O)c2cccs2)c1. The predicted octanol–water partition coefficient (Wildman–Crippen LogP) is 3.79. The molecule has 0 fully saturated rings. The minimum atomic E-state index is -0.0855. The minimum absolute atomic E-state index is 0.0855. The third kappa shape index (κ3) is 3.34. The number of hydrogen-bond acceptors (Lipinski definition) is 3. The highest BCUT2D eigenvalue weighted by atomic mass is 32.1. The molecule has 0 radical (unpaired) electrons. The summed E-state index contributed by atoms with van der Waals surface area (Å²) in [7, 11) is 0. The van der Waals surface area contributed by atoms with Gasteiger partial charge in [-0.3, -0.25) is 4.79 Å². The van der Waals surface area contributed by atoms with Crippen LogP contribution in [0.3, 0.4) is 0 Å². The van der Waals surface area contributed by atoms with Crippen LogP contribution in [-0.2, 0) is 0 Å². The van der Waals surface area contributed by atoms with Crippen LogP contribution in [0.5, 0.6) is 5.75 Å². The lowest BCUT2D eigenvalue weighted by atomic mass is 10.3. The molecule has 0 saturated heterocycles. The summed E-state index contributed by atoms with van der Waals surface area (Å²) in [6, 6.07) is 11.1. The Kier molecular flexibility index (Phi) is 4.36. The van der Waals surface area contributed by atoms with Crippen molar-refractivity contribution < 1.29 is 9.53 Å². The van der Waals surface area contributed by atoms with Gasteiger partial charge in [-0.1, -0.05) is 19.1 Å². The fourth-order valence-electron chi connectivity index (χ4n) is 1.48. The second-order valence-electron chi connectivity index (χ2n) is 3.81. The van der Waals surface area contributed by atoms with Gasteiger partial charge in [0.1, 0.15) is 5.75 Å². The molecule has 1 N–H and O–H groups in total. The smallest absolute Gasteiger partial charge is 0.265 e. The third-order valence-corrected chi connectivity index (χ3v) is 3.18. The first-order valence-electron chi connectivity index (χ1n) is 5.87. The van der Waals surface area contributed by atoms with E-state index in [4.69, 9.17) is 4.74 Å². The molecule has 0 saturated carbocycles. The minimum Gasteiger partial charge on any atom is -0.494 e. The Morgan fingerprint density at radius 2 is 2.22 bits per heavy atom. The van der Waals surface area contributed by atoms with Crippen LogP contribution in [0.25, 0.3) is 0 Å². The maximum absolute atomic E-state index is 11.9. The highest BCUT2D eigenvalue weighted by molar-refractivity contribution is 7.12. The summed E-state index contributed by atoms with van der Waals surface area (Å²) < 4.78 is 5.52. The highest BCUT2D eigenvalue weighted by Gasteiger charge is 2.06. The molecule has 0 unspecified atom stereocenters. The Hall–Kier alpha value is -1.81. The van der Waals surface area contributed by atoms with Gasteiger partial charge in [0.2, 0.25) is 0 Å². The van der Waals surface area contributed by atoms with Crippen molar-refractivity contribution in [2.45, 2.75) is 13.3 Å². The van der Waals surface area contributed by atoms with Crippen molar-refractivity contribution in [3.63, 3.8) is 0 Å². The first-order valence-corrected chi connectivity index (χ1v) is 6.75. The normalized spacial score (nSPS) is 10.1. The predicted molar refractivity (Wildman–Crippen MR) is 74.5 cm³/mol. The van der Waals surface area contributed by atoms with E-state index in [1.165, 1.54) is 11.3 Å². The summed E-state index contributed by atoms with van der Waals surface area (Å²) in [6.45, 7) is 2.74. The molecule has 1 aromatic heterocycles. The molecule has 0 aliphatic heterocycles. The summed E-state index contributed by atoms with van der Waals surface area (Å²) >= 11 is 1.43. The Morgan fingerprint density at radius 1 is 1.33 bits per heavy atom. The molecule has 0 aliphatic carbocycles. The fourth-order valence-corrected chi connectivity index (χ4v) is 2.10. The summed E-state index contributed by atoms with van der Waals surface area (Å²) in [5.74, 6) is 0.693. The first-order chi connectivity index (χ1) is 8.79. The molecule has 0 spiro atoms. The van der Waals surface area contributed by atoms with Gasteiger partial charge in [0.25, 0.3) is 5.91 Å². The lowest BCUT2D eigenvalue weighted by Gasteiger charge is -2.07. The zero-order chi connectivity index (χ0) is 12.8. The van der Waals surface area contributed by atoms with E-state index in [1.54, 1.807) is 6.07 Å². The average molecular weight is 261 g/mol. The second kappa shape index (κ2) is 6.21. The molecule has 1 heterocycles. The number of anilines is 1. The number of carbonyl (C=O) groups excluding carboxylic acids is 1. The van der Waals surface area contributed by atoms with Crippen LogP contribution in [0, 0.1) is 0 Å². The average Bonchev–Trinajstić information content (AvgIpc) is 2.91. The maximum atomic E-state index is 11.9. The Bertz CT molecular complexity index is 508. The van der Waals surface area contributed by atoms with Gasteiger partial charge in [-0.15, -0.1) is 11.3 Å². The van der Waals surface area contributed by atoms with E-state index < -0.39 is 0 Å². The van der Waals surface area contributed by atoms with Crippen LogP contribution in [-0.4, -0.2) is 12.5 Å². The third-order valence-electron chi connectivity index (χ3n) is 2.31. The maximum Gasteiger partial charge on any atom is 0.265 e. The molecule has 0 aliphatic rings. The van der Waals surface area contributed by atoms with Crippen LogP contribution >= 0.6 is 11.3 Å². The second-order valence-corrected chi connectivity index (χ2v) is 4.76. The number of hydrogen-bond donors (Lipinski definition) is 1. The Morgan fingerprint density at radius 3 is 2.94 bits per heavy atom. The molecular weight excluding hydrogens is 246 g/mol. The van der Waals surface area contributed by atoms with Crippen LogP contribution < -0.4 is 10.1 Å². The molecule has 94 valence electrons. The topological polar surface area (TPSA) is 38.3 Å². The van der Waals surface area contributed by atoms with Gasteiger partial charge >= 0.3 is 0 Å². The van der Waals surface area contributed by atoms with Crippen molar-refractivity contribution in [1.29, 1.82) is 0 Å². The quantitative estimate of drug-likeness (QED) is 0.889. The van der Waals surface area contributed by atoms with Gasteiger partial charge in [-0.05, 0) is 30.0 Å². The molecule has 4 heteroatoms. The van der Waals surface area contributed by atoms with Crippen molar-refractivity contribution in [2.24, 2.45) is 0 Å². The van der Waals surface area contributed by atoms with Crippen molar-refractivity contribution in [1.82, 2.24) is 0 Å². The van der Waals surface area contributed by atoms with Gasteiger partial charge in [-0.25, -0.2) is 0 Å². The molecular formula is C14H15NO2S. The number of carbonyl (C=O) groups is 1. The molecule has 0 atom stereocenters. The van der Waals surface area contributed by atoms with Crippen LogP contribution in [0.15, 0.2) is 41.8 Å². The molecule has 0 bridgehead atoms. The van der Waals surface area contributed by atoms with E-state index in [1.807, 2.05) is 35.7 Å². The van der Waals surface area contributed by atoms with Crippen molar-refractivity contribution >= 4 is 22.9 Å². The highest BCUT2D eigenvalue weighted by Crippen LogP contribution is 2.19. The number of thiophene rings is 1. The van der Waals surface area contributed by atoms with E-state index in [0.29, 0.717) is 11.5 Å². The summed E-state index contributed by atoms with van der Waals surface area (Å²) in [4.78, 5) is 12.6. The summed E-state index contributed by atoms with van der Waals surface area (Å²) in [5, 5.41) is 4.74. The van der Waals surface area contributed by atoms with Gasteiger partial charge in [0.15, 0.2) is 0 Å². The lowest BCUT2D eigenvalue weighted by Crippen LogP contribution is -2.10. The van der Waals surface area contributed by atoms with E-state index in [2.05, 4.69) is 12.2 Å². The van der Waals surface area contributed by atoms with Gasteiger partial charge in [-0.2, -0.15) is 0 Å². The van der Waals surface area contributed by atoms with Gasteiger partial charge < -0.3 is 10.1 Å². The molecule has 18 heavy (non-hydrogen) atoms. The Labute approximate surface area is 110 Å². The zero-order valence-corrected chi connectivity index (χ0v) is 11.0.